The second-order valence-corrected chi connectivity index (χ2v) is 8.64. The van der Waals surface area contributed by atoms with Crippen molar-refractivity contribution in [2.24, 2.45) is 11.8 Å². The van der Waals surface area contributed by atoms with Gasteiger partial charge >= 0.3 is 0 Å². The number of aryl methyl sites for hydroxylation is 1. The molecule has 1 aliphatic heterocycles. The molecule has 2 aliphatic rings. The highest BCUT2D eigenvalue weighted by Gasteiger charge is 2.48. The van der Waals surface area contributed by atoms with Gasteiger partial charge in [0.1, 0.15) is 5.75 Å². The summed E-state index contributed by atoms with van der Waals surface area (Å²) in [6.07, 6.45) is 1.88. The third-order valence-electron chi connectivity index (χ3n) is 6.30. The van der Waals surface area contributed by atoms with Gasteiger partial charge in [0.25, 0.3) is 0 Å². The number of phenolic OH excluding ortho intramolecular Hbond substituents is 1. The minimum Gasteiger partial charge on any atom is -0.508 e. The molecular weight excluding hydrogens is 338 g/mol. The summed E-state index contributed by atoms with van der Waals surface area (Å²) < 4.78 is 0. The first kappa shape index (κ1) is 18.5. The number of aliphatic hydroxyl groups excluding tert-OH is 1. The normalized spacial score (nSPS) is 29.0. The smallest absolute Gasteiger partial charge is 0.115 e. The molecule has 2 aromatic carbocycles. The zero-order chi connectivity index (χ0) is 19.0. The van der Waals surface area contributed by atoms with Crippen molar-refractivity contribution in [3.8, 4) is 5.75 Å². The number of fused-ring (bicyclic) bond motifs is 1. The maximum absolute atomic E-state index is 11.1. The Morgan fingerprint density at radius 1 is 1.00 bits per heavy atom. The fourth-order valence-corrected chi connectivity index (χ4v) is 4.98. The van der Waals surface area contributed by atoms with Crippen LogP contribution in [0.1, 0.15) is 35.6 Å². The van der Waals surface area contributed by atoms with E-state index in [9.17, 15) is 15.3 Å². The predicted molar refractivity (Wildman–Crippen MR) is 106 cm³/mol. The molecule has 4 nitrogen and oxygen atoms in total. The molecule has 0 aromatic heterocycles. The average Bonchev–Trinajstić information content (AvgIpc) is 3.11. The van der Waals surface area contributed by atoms with Crippen LogP contribution in [0.2, 0.25) is 0 Å². The van der Waals surface area contributed by atoms with Crippen LogP contribution in [0, 0.1) is 18.8 Å². The van der Waals surface area contributed by atoms with E-state index in [1.807, 2.05) is 0 Å². The quantitative estimate of drug-likeness (QED) is 0.760. The van der Waals surface area contributed by atoms with E-state index in [0.717, 1.165) is 37.9 Å². The minimum atomic E-state index is -0.591. The SMILES string of the molecule is Cc1ccc(C[C@@]2(O)C[C@H]3CN(CC(O)c4ccc(O)cc4)C[C@H]3C2)cc1. The third kappa shape index (κ3) is 4.18. The van der Waals surface area contributed by atoms with Gasteiger partial charge in [0, 0.05) is 26.1 Å². The summed E-state index contributed by atoms with van der Waals surface area (Å²) in [6.45, 7) is 4.57. The van der Waals surface area contributed by atoms with Crippen molar-refractivity contribution in [3.63, 3.8) is 0 Å². The Morgan fingerprint density at radius 3 is 2.19 bits per heavy atom. The first-order valence-electron chi connectivity index (χ1n) is 9.87. The highest BCUT2D eigenvalue weighted by molar-refractivity contribution is 5.27. The Bertz CT molecular complexity index is 757. The van der Waals surface area contributed by atoms with Gasteiger partial charge in [-0.3, -0.25) is 4.90 Å². The fourth-order valence-electron chi connectivity index (χ4n) is 4.98. The molecule has 0 radical (unpaired) electrons. The van der Waals surface area contributed by atoms with Crippen LogP contribution in [0.3, 0.4) is 0 Å². The summed E-state index contributed by atoms with van der Waals surface area (Å²) in [5.41, 5.74) is 2.70. The lowest BCUT2D eigenvalue weighted by molar-refractivity contribution is 0.0328. The van der Waals surface area contributed by atoms with Gasteiger partial charge in [0.15, 0.2) is 0 Å². The van der Waals surface area contributed by atoms with E-state index in [2.05, 4.69) is 36.1 Å². The van der Waals surface area contributed by atoms with Gasteiger partial charge in [-0.2, -0.15) is 0 Å². The molecule has 1 unspecified atom stereocenters. The van der Waals surface area contributed by atoms with E-state index >= 15 is 0 Å². The van der Waals surface area contributed by atoms with Crippen LogP contribution in [0.5, 0.6) is 5.75 Å². The Balaban J connectivity index is 1.32. The Morgan fingerprint density at radius 2 is 1.59 bits per heavy atom. The van der Waals surface area contributed by atoms with Crippen molar-refractivity contribution in [2.75, 3.05) is 19.6 Å². The first-order chi connectivity index (χ1) is 12.9. The molecule has 0 spiro atoms. The molecule has 4 heteroatoms. The van der Waals surface area contributed by atoms with Crippen LogP contribution in [0.25, 0.3) is 0 Å². The van der Waals surface area contributed by atoms with Gasteiger partial charge in [-0.15, -0.1) is 0 Å². The Hall–Kier alpha value is -1.88. The summed E-state index contributed by atoms with van der Waals surface area (Å²) in [4.78, 5) is 2.32. The van der Waals surface area contributed by atoms with E-state index in [1.165, 1.54) is 11.1 Å². The number of phenols is 1. The maximum atomic E-state index is 11.1. The summed E-state index contributed by atoms with van der Waals surface area (Å²) >= 11 is 0. The van der Waals surface area contributed by atoms with Gasteiger partial charge < -0.3 is 15.3 Å². The van der Waals surface area contributed by atoms with Gasteiger partial charge in [0.2, 0.25) is 0 Å². The number of hydrogen-bond donors (Lipinski definition) is 3. The van der Waals surface area contributed by atoms with Crippen molar-refractivity contribution < 1.29 is 15.3 Å². The lowest BCUT2D eigenvalue weighted by atomic mass is 9.91. The molecule has 4 rings (SSSR count). The molecule has 27 heavy (non-hydrogen) atoms. The number of likely N-dealkylation sites (tertiary alicyclic amines) is 1. The zero-order valence-corrected chi connectivity index (χ0v) is 15.9. The molecular formula is C23H29NO3. The summed E-state index contributed by atoms with van der Waals surface area (Å²) in [6, 6.07) is 15.3. The second-order valence-electron chi connectivity index (χ2n) is 8.64. The van der Waals surface area contributed by atoms with Crippen LogP contribution in [0.15, 0.2) is 48.5 Å². The number of aromatic hydroxyl groups is 1. The molecule has 2 fully saturated rings. The minimum absolute atomic E-state index is 0.217. The number of β-amino-alcohol motifs (C(OH)–C–C–N with tert-alkyl or cyclic N) is 1. The zero-order valence-electron chi connectivity index (χ0n) is 15.9. The number of hydrogen-bond acceptors (Lipinski definition) is 4. The fraction of sp³-hybridized carbons (Fsp3) is 0.478. The van der Waals surface area contributed by atoms with Crippen LogP contribution >= 0.6 is 0 Å². The number of aliphatic hydroxyl groups is 2. The monoisotopic (exact) mass is 367 g/mol. The molecule has 0 amide bonds. The molecule has 1 saturated carbocycles. The molecule has 3 N–H and O–H groups in total. The second kappa shape index (κ2) is 7.27. The molecule has 1 aliphatic carbocycles. The van der Waals surface area contributed by atoms with Crippen LogP contribution in [-0.4, -0.2) is 45.5 Å². The van der Waals surface area contributed by atoms with E-state index in [1.54, 1.807) is 24.3 Å². The topological polar surface area (TPSA) is 63.9 Å². The number of nitrogens with zero attached hydrogens (tertiary/aromatic N) is 1. The number of rotatable bonds is 5. The van der Waals surface area contributed by atoms with E-state index in [4.69, 9.17) is 0 Å². The summed E-state index contributed by atoms with van der Waals surface area (Å²) in [5, 5.41) is 31.0. The highest BCUT2D eigenvalue weighted by Crippen LogP contribution is 2.45. The molecule has 1 saturated heterocycles. The number of benzene rings is 2. The van der Waals surface area contributed by atoms with Gasteiger partial charge in [0.05, 0.1) is 11.7 Å². The van der Waals surface area contributed by atoms with Crippen molar-refractivity contribution >= 4 is 0 Å². The van der Waals surface area contributed by atoms with Crippen LogP contribution in [0.4, 0.5) is 0 Å². The lowest BCUT2D eigenvalue weighted by Gasteiger charge is -2.27. The predicted octanol–water partition coefficient (Wildman–Crippen LogP) is 3.05. The van der Waals surface area contributed by atoms with Gasteiger partial charge in [-0.25, -0.2) is 0 Å². The van der Waals surface area contributed by atoms with Gasteiger partial charge in [-0.1, -0.05) is 42.0 Å². The summed E-state index contributed by atoms with van der Waals surface area (Å²) in [7, 11) is 0. The van der Waals surface area contributed by atoms with Crippen LogP contribution in [-0.2, 0) is 6.42 Å². The Labute approximate surface area is 161 Å². The summed E-state index contributed by atoms with van der Waals surface area (Å²) in [5.74, 6) is 1.23. The van der Waals surface area contributed by atoms with E-state index < -0.39 is 11.7 Å². The molecule has 1 heterocycles. The first-order valence-corrected chi connectivity index (χ1v) is 9.87. The lowest BCUT2D eigenvalue weighted by Crippen LogP contribution is -2.33. The van der Waals surface area contributed by atoms with Crippen molar-refractivity contribution in [3.05, 3.63) is 65.2 Å². The molecule has 0 bridgehead atoms. The van der Waals surface area contributed by atoms with Crippen molar-refractivity contribution in [2.45, 2.75) is 37.9 Å². The Kier molecular flexibility index (Phi) is 4.97. The highest BCUT2D eigenvalue weighted by atomic mass is 16.3. The molecule has 144 valence electrons. The maximum Gasteiger partial charge on any atom is 0.115 e. The van der Waals surface area contributed by atoms with Crippen molar-refractivity contribution in [1.82, 2.24) is 4.90 Å². The van der Waals surface area contributed by atoms with E-state index in [-0.39, 0.29) is 5.75 Å². The average molecular weight is 367 g/mol. The molecule has 2 aromatic rings. The van der Waals surface area contributed by atoms with E-state index in [0.29, 0.717) is 18.4 Å². The largest absolute Gasteiger partial charge is 0.508 e. The van der Waals surface area contributed by atoms with Crippen molar-refractivity contribution in [1.29, 1.82) is 0 Å². The molecule has 4 atom stereocenters. The standard InChI is InChI=1S/C23H29NO3/c1-16-2-4-17(5-3-16)10-23(27)11-19-13-24(14-20(19)12-23)15-22(26)18-6-8-21(25)9-7-18/h2-9,19-20,22,25-27H,10-15H2,1H3/t19-,20+,22?,23+. The van der Waals surface area contributed by atoms with Gasteiger partial charge in [-0.05, 0) is 54.9 Å². The third-order valence-corrected chi connectivity index (χ3v) is 6.30. The van der Waals surface area contributed by atoms with Crippen LogP contribution < -0.4 is 0 Å².